The number of ether oxygens (including phenoxy) is 1. The predicted octanol–water partition coefficient (Wildman–Crippen LogP) is 14.5. The van der Waals surface area contributed by atoms with Crippen molar-refractivity contribution in [1.82, 2.24) is 9.80 Å². The quantitative estimate of drug-likeness (QED) is 0.0457. The van der Waals surface area contributed by atoms with Gasteiger partial charge in [0, 0.05) is 32.4 Å². The SMILES string of the molecule is CCCCCCCCC(CCCCCC)CCC(=O)CCCCCN(CCCCCC(=O)OCC(CCCCCC)CCCCCCCC)CCN(C)C. The van der Waals surface area contributed by atoms with Crippen LogP contribution in [-0.4, -0.2) is 68.4 Å². The Morgan fingerprint density at radius 3 is 1.30 bits per heavy atom. The summed E-state index contributed by atoms with van der Waals surface area (Å²) >= 11 is 0. The third-order valence-corrected chi connectivity index (χ3v) is 11.8. The molecule has 0 N–H and O–H groups in total. The first-order chi connectivity index (χ1) is 26.4. The molecular formula is C49H98N2O3. The van der Waals surface area contributed by atoms with E-state index in [1.54, 1.807) is 0 Å². The molecule has 0 spiro atoms. The van der Waals surface area contributed by atoms with Gasteiger partial charge in [-0.05, 0) is 84.0 Å². The van der Waals surface area contributed by atoms with Crippen molar-refractivity contribution in [3.8, 4) is 0 Å². The van der Waals surface area contributed by atoms with Gasteiger partial charge in [0.2, 0.25) is 0 Å². The van der Waals surface area contributed by atoms with Gasteiger partial charge in [0.25, 0.3) is 0 Å². The first kappa shape index (κ1) is 53.1. The van der Waals surface area contributed by atoms with Crippen LogP contribution in [0.5, 0.6) is 0 Å². The number of Topliss-reactive ketones (excluding diaryl/α,β-unsaturated/α-hetero) is 1. The number of unbranched alkanes of at least 4 members (excludes halogenated alkanes) is 20. The molecule has 0 amide bonds. The van der Waals surface area contributed by atoms with E-state index in [0.717, 1.165) is 83.5 Å². The van der Waals surface area contributed by atoms with Crippen molar-refractivity contribution >= 4 is 11.8 Å². The molecule has 0 aliphatic heterocycles. The molecule has 5 heteroatoms. The van der Waals surface area contributed by atoms with Crippen molar-refractivity contribution < 1.29 is 14.3 Å². The number of carbonyl (C=O) groups is 2. The average Bonchev–Trinajstić information content (AvgIpc) is 3.16. The molecule has 54 heavy (non-hydrogen) atoms. The Hall–Kier alpha value is -0.940. The van der Waals surface area contributed by atoms with E-state index in [1.165, 1.54) is 161 Å². The van der Waals surface area contributed by atoms with Crippen LogP contribution >= 0.6 is 0 Å². The lowest BCUT2D eigenvalue weighted by Gasteiger charge is -2.24. The molecule has 0 aliphatic carbocycles. The lowest BCUT2D eigenvalue weighted by Crippen LogP contribution is -2.33. The summed E-state index contributed by atoms with van der Waals surface area (Å²) in [5, 5.41) is 0. The van der Waals surface area contributed by atoms with Crippen LogP contribution in [0.2, 0.25) is 0 Å². The Morgan fingerprint density at radius 1 is 0.407 bits per heavy atom. The Labute approximate surface area is 339 Å². The molecule has 0 saturated carbocycles. The summed E-state index contributed by atoms with van der Waals surface area (Å²) in [6, 6.07) is 0. The molecule has 0 bridgehead atoms. The first-order valence-corrected chi connectivity index (χ1v) is 24.4. The summed E-state index contributed by atoms with van der Waals surface area (Å²) in [5.74, 6) is 1.80. The van der Waals surface area contributed by atoms with Crippen LogP contribution in [0.25, 0.3) is 0 Å². The summed E-state index contributed by atoms with van der Waals surface area (Å²) in [7, 11) is 4.31. The van der Waals surface area contributed by atoms with Crippen LogP contribution in [0.15, 0.2) is 0 Å². The van der Waals surface area contributed by atoms with Gasteiger partial charge in [-0.1, -0.05) is 182 Å². The zero-order valence-corrected chi connectivity index (χ0v) is 37.9. The lowest BCUT2D eigenvalue weighted by molar-refractivity contribution is -0.145. The minimum absolute atomic E-state index is 0.0100. The number of nitrogens with zero attached hydrogens (tertiary/aromatic N) is 2. The second-order valence-electron chi connectivity index (χ2n) is 17.6. The molecule has 322 valence electrons. The molecule has 0 fully saturated rings. The Morgan fingerprint density at radius 2 is 0.815 bits per heavy atom. The van der Waals surface area contributed by atoms with E-state index in [9.17, 15) is 9.59 Å². The molecule has 2 unspecified atom stereocenters. The third kappa shape index (κ3) is 38.0. The smallest absolute Gasteiger partial charge is 0.305 e. The molecule has 5 nitrogen and oxygen atoms in total. The van der Waals surface area contributed by atoms with Crippen LogP contribution in [0, 0.1) is 11.8 Å². The third-order valence-electron chi connectivity index (χ3n) is 11.8. The largest absolute Gasteiger partial charge is 0.465 e. The maximum Gasteiger partial charge on any atom is 0.305 e. The van der Waals surface area contributed by atoms with Crippen LogP contribution in [0.1, 0.15) is 246 Å². The van der Waals surface area contributed by atoms with Gasteiger partial charge in [0.15, 0.2) is 0 Å². The van der Waals surface area contributed by atoms with Crippen LogP contribution < -0.4 is 0 Å². The van der Waals surface area contributed by atoms with Gasteiger partial charge in [-0.25, -0.2) is 0 Å². The minimum Gasteiger partial charge on any atom is -0.465 e. The number of ketones is 1. The second-order valence-corrected chi connectivity index (χ2v) is 17.6. The highest BCUT2D eigenvalue weighted by atomic mass is 16.5. The first-order valence-electron chi connectivity index (χ1n) is 24.4. The van der Waals surface area contributed by atoms with E-state index in [1.807, 2.05) is 0 Å². The highest BCUT2D eigenvalue weighted by Crippen LogP contribution is 2.24. The fourth-order valence-corrected chi connectivity index (χ4v) is 7.96. The molecule has 0 rings (SSSR count). The Kier molecular flexibility index (Phi) is 41.0. The predicted molar refractivity (Wildman–Crippen MR) is 238 cm³/mol. The molecule has 2 atom stereocenters. The fourth-order valence-electron chi connectivity index (χ4n) is 7.96. The summed E-state index contributed by atoms with van der Waals surface area (Å²) < 4.78 is 5.84. The van der Waals surface area contributed by atoms with Crippen LogP contribution in [0.3, 0.4) is 0 Å². The van der Waals surface area contributed by atoms with E-state index in [0.29, 0.717) is 24.7 Å². The van der Waals surface area contributed by atoms with Gasteiger partial charge in [0.1, 0.15) is 5.78 Å². The number of hydrogen-bond acceptors (Lipinski definition) is 5. The van der Waals surface area contributed by atoms with Crippen molar-refractivity contribution in [2.24, 2.45) is 11.8 Å². The van der Waals surface area contributed by atoms with Gasteiger partial charge in [-0.15, -0.1) is 0 Å². The normalized spacial score (nSPS) is 12.9. The van der Waals surface area contributed by atoms with Gasteiger partial charge in [-0.3, -0.25) is 9.59 Å². The minimum atomic E-state index is 0.0100. The lowest BCUT2D eigenvalue weighted by atomic mass is 9.89. The maximum atomic E-state index is 12.9. The van der Waals surface area contributed by atoms with Gasteiger partial charge >= 0.3 is 5.97 Å². The van der Waals surface area contributed by atoms with Crippen LogP contribution in [-0.2, 0) is 14.3 Å². The Balaban J connectivity index is 4.40. The van der Waals surface area contributed by atoms with Crippen molar-refractivity contribution in [2.75, 3.05) is 46.9 Å². The standard InChI is InChI=1S/C49H98N2O3/c1-7-11-15-19-21-27-34-46(33-25-17-13-9-3)39-40-48(52)37-29-23-31-41-51(44-43-50(5)6)42-32-24-30-38-49(53)54-45-47(35-26-18-14-10-4)36-28-22-20-16-12-8-2/h46-47H,7-45H2,1-6H3. The molecule has 0 saturated heterocycles. The number of rotatable bonds is 44. The van der Waals surface area contributed by atoms with Crippen molar-refractivity contribution in [3.05, 3.63) is 0 Å². The molecule has 0 aromatic heterocycles. The highest BCUT2D eigenvalue weighted by Gasteiger charge is 2.14. The zero-order chi connectivity index (χ0) is 39.7. The fraction of sp³-hybridized carbons (Fsp3) is 0.959. The molecular weight excluding hydrogens is 665 g/mol. The average molecular weight is 763 g/mol. The van der Waals surface area contributed by atoms with E-state index in [4.69, 9.17) is 4.74 Å². The highest BCUT2D eigenvalue weighted by molar-refractivity contribution is 5.78. The molecule has 0 aromatic carbocycles. The zero-order valence-electron chi connectivity index (χ0n) is 37.9. The van der Waals surface area contributed by atoms with Gasteiger partial charge in [0.05, 0.1) is 6.61 Å². The number of esters is 1. The van der Waals surface area contributed by atoms with E-state index >= 15 is 0 Å². The molecule has 0 radical (unpaired) electrons. The summed E-state index contributed by atoms with van der Waals surface area (Å²) in [6.45, 7) is 14.1. The van der Waals surface area contributed by atoms with E-state index in [2.05, 4.69) is 51.6 Å². The monoisotopic (exact) mass is 763 g/mol. The molecule has 0 aliphatic rings. The van der Waals surface area contributed by atoms with Gasteiger partial charge in [-0.2, -0.15) is 0 Å². The number of likely N-dealkylation sites (N-methyl/N-ethyl adjacent to an activating group) is 1. The topological polar surface area (TPSA) is 49.9 Å². The number of hydrogen-bond donors (Lipinski definition) is 0. The van der Waals surface area contributed by atoms with E-state index in [-0.39, 0.29) is 5.97 Å². The maximum absolute atomic E-state index is 12.9. The summed E-state index contributed by atoms with van der Waals surface area (Å²) in [5.41, 5.74) is 0. The van der Waals surface area contributed by atoms with Gasteiger partial charge < -0.3 is 14.5 Å². The van der Waals surface area contributed by atoms with Crippen molar-refractivity contribution in [3.63, 3.8) is 0 Å². The molecule has 0 aromatic rings. The van der Waals surface area contributed by atoms with Crippen molar-refractivity contribution in [2.45, 2.75) is 246 Å². The van der Waals surface area contributed by atoms with Crippen molar-refractivity contribution in [1.29, 1.82) is 0 Å². The second kappa shape index (κ2) is 41.7. The molecule has 0 heterocycles. The Bertz CT molecular complexity index is 729. The van der Waals surface area contributed by atoms with E-state index < -0.39 is 0 Å². The summed E-state index contributed by atoms with van der Waals surface area (Å²) in [4.78, 5) is 30.4. The van der Waals surface area contributed by atoms with Crippen LogP contribution in [0.4, 0.5) is 0 Å². The number of carbonyl (C=O) groups excluding carboxylic acids is 2. The summed E-state index contributed by atoms with van der Waals surface area (Å²) in [6.07, 6.45) is 41.5.